The van der Waals surface area contributed by atoms with Crippen LogP contribution in [0.25, 0.3) is 0 Å². The molecule has 2 rings (SSSR count). The summed E-state index contributed by atoms with van der Waals surface area (Å²) in [5, 5.41) is 4.56. The Hall–Kier alpha value is -1.12. The molecule has 1 N–H and O–H groups in total. The fourth-order valence-corrected chi connectivity index (χ4v) is 2.52. The average molecular weight is 284 g/mol. The monoisotopic (exact) mass is 283 g/mol. The van der Waals surface area contributed by atoms with Crippen molar-refractivity contribution in [2.24, 2.45) is 0 Å². The molecule has 2 nitrogen and oxygen atoms in total. The van der Waals surface area contributed by atoms with Crippen LogP contribution in [0.2, 0.25) is 10.0 Å². The molecule has 1 atom stereocenters. The van der Waals surface area contributed by atoms with Crippen LogP contribution in [0.3, 0.4) is 0 Å². The normalized spacial score (nSPS) is 12.5. The summed E-state index contributed by atoms with van der Waals surface area (Å²) in [7, 11) is 0. The third-order valence-electron chi connectivity index (χ3n) is 2.87. The highest BCUT2D eigenvalue weighted by Gasteiger charge is 2.15. The second kappa shape index (κ2) is 5.25. The topological polar surface area (TPSA) is 25.2 Å². The molecule has 1 aromatic carbocycles. The van der Waals surface area contributed by atoms with Crippen LogP contribution in [0, 0.1) is 13.8 Å². The number of halogens is 2. The van der Waals surface area contributed by atoms with Crippen LogP contribution in [-0.4, -0.2) is 0 Å². The highest BCUT2D eigenvalue weighted by Crippen LogP contribution is 2.33. The second-order valence-corrected chi connectivity index (χ2v) is 5.15. The summed E-state index contributed by atoms with van der Waals surface area (Å²) in [6.07, 6.45) is 0. The number of hydrogen-bond acceptors (Lipinski definition) is 2. The molecule has 0 aliphatic carbocycles. The first-order valence-electron chi connectivity index (χ1n) is 5.76. The number of hydrogen-bond donors (Lipinski definition) is 1. The summed E-state index contributed by atoms with van der Waals surface area (Å²) in [5.41, 5.74) is 1.87. The number of furan rings is 1. The predicted octanol–water partition coefficient (Wildman–Crippen LogP) is 5.38. The number of nitrogens with one attached hydrogen (secondary N) is 1. The predicted molar refractivity (Wildman–Crippen MR) is 76.7 cm³/mol. The quantitative estimate of drug-likeness (QED) is 0.818. The zero-order valence-corrected chi connectivity index (χ0v) is 12.1. The van der Waals surface area contributed by atoms with Crippen molar-refractivity contribution in [2.75, 3.05) is 5.32 Å². The molecule has 4 heteroatoms. The lowest BCUT2D eigenvalue weighted by Gasteiger charge is -2.17. The van der Waals surface area contributed by atoms with Crippen molar-refractivity contribution in [1.82, 2.24) is 0 Å². The standard InChI is InChI=1S/C14H15Cl2NO/c1-8-7-11(10(3)18-8)9(2)17-14-12(15)5-4-6-13(14)16/h4-7,9,17H,1-3H3. The first kappa shape index (κ1) is 13.3. The summed E-state index contributed by atoms with van der Waals surface area (Å²) in [6, 6.07) is 7.57. The van der Waals surface area contributed by atoms with Crippen LogP contribution in [0.5, 0.6) is 0 Å². The molecule has 2 aromatic rings. The van der Waals surface area contributed by atoms with Crippen LogP contribution >= 0.6 is 23.2 Å². The fourth-order valence-electron chi connectivity index (χ4n) is 2.01. The Kier molecular flexibility index (Phi) is 3.88. The van der Waals surface area contributed by atoms with Crippen molar-refractivity contribution < 1.29 is 4.42 Å². The number of anilines is 1. The number of aryl methyl sites for hydroxylation is 2. The van der Waals surface area contributed by atoms with Gasteiger partial charge in [-0.05, 0) is 39.0 Å². The lowest BCUT2D eigenvalue weighted by Crippen LogP contribution is -2.07. The van der Waals surface area contributed by atoms with Gasteiger partial charge in [-0.1, -0.05) is 29.3 Å². The van der Waals surface area contributed by atoms with Gasteiger partial charge in [0.15, 0.2) is 0 Å². The zero-order valence-electron chi connectivity index (χ0n) is 10.6. The molecule has 0 fully saturated rings. The van der Waals surface area contributed by atoms with E-state index in [0.29, 0.717) is 10.0 Å². The molecule has 1 heterocycles. The smallest absolute Gasteiger partial charge is 0.106 e. The maximum Gasteiger partial charge on any atom is 0.106 e. The molecule has 96 valence electrons. The van der Waals surface area contributed by atoms with Gasteiger partial charge < -0.3 is 9.73 Å². The van der Waals surface area contributed by atoms with E-state index in [0.717, 1.165) is 22.8 Å². The fraction of sp³-hybridized carbons (Fsp3) is 0.286. The van der Waals surface area contributed by atoms with Crippen LogP contribution < -0.4 is 5.32 Å². The molecule has 0 radical (unpaired) electrons. The van der Waals surface area contributed by atoms with Gasteiger partial charge in [0.25, 0.3) is 0 Å². The summed E-state index contributed by atoms with van der Waals surface area (Å²) >= 11 is 12.3. The Labute approximate surface area is 117 Å². The lowest BCUT2D eigenvalue weighted by molar-refractivity contribution is 0.500. The number of rotatable bonds is 3. The second-order valence-electron chi connectivity index (χ2n) is 4.33. The minimum Gasteiger partial charge on any atom is -0.466 e. The first-order valence-corrected chi connectivity index (χ1v) is 6.52. The first-order chi connectivity index (χ1) is 8.49. The van der Waals surface area contributed by atoms with Crippen molar-refractivity contribution in [3.63, 3.8) is 0 Å². The Bertz CT molecular complexity index is 543. The van der Waals surface area contributed by atoms with Crippen molar-refractivity contribution >= 4 is 28.9 Å². The van der Waals surface area contributed by atoms with Gasteiger partial charge in [-0.3, -0.25) is 0 Å². The maximum atomic E-state index is 6.14. The summed E-state index contributed by atoms with van der Waals surface area (Å²) in [5.74, 6) is 1.82. The molecule has 1 unspecified atom stereocenters. The van der Waals surface area contributed by atoms with Crippen LogP contribution in [0.15, 0.2) is 28.7 Å². The molecule has 0 saturated heterocycles. The maximum absolute atomic E-state index is 6.14. The van der Waals surface area contributed by atoms with E-state index in [-0.39, 0.29) is 6.04 Å². The largest absolute Gasteiger partial charge is 0.466 e. The van der Waals surface area contributed by atoms with E-state index in [4.69, 9.17) is 27.6 Å². The highest BCUT2D eigenvalue weighted by molar-refractivity contribution is 6.39. The van der Waals surface area contributed by atoms with Gasteiger partial charge in [0.1, 0.15) is 11.5 Å². The molecule has 1 aromatic heterocycles. The van der Waals surface area contributed by atoms with Gasteiger partial charge in [0, 0.05) is 5.56 Å². The molecule has 0 aliphatic rings. The van der Waals surface area contributed by atoms with E-state index in [2.05, 4.69) is 12.2 Å². The summed E-state index contributed by atoms with van der Waals surface area (Å²) < 4.78 is 5.53. The zero-order chi connectivity index (χ0) is 13.3. The van der Waals surface area contributed by atoms with Gasteiger partial charge >= 0.3 is 0 Å². The van der Waals surface area contributed by atoms with Crippen molar-refractivity contribution in [3.05, 3.63) is 51.4 Å². The SMILES string of the molecule is Cc1cc(C(C)Nc2c(Cl)cccc2Cl)c(C)o1. The average Bonchev–Trinajstić information content (AvgIpc) is 2.63. The van der Waals surface area contributed by atoms with Crippen LogP contribution in [0.1, 0.15) is 30.0 Å². The van der Waals surface area contributed by atoms with Crippen molar-refractivity contribution in [2.45, 2.75) is 26.8 Å². The third-order valence-corrected chi connectivity index (χ3v) is 3.50. The highest BCUT2D eigenvalue weighted by atomic mass is 35.5. The Balaban J connectivity index is 2.26. The van der Waals surface area contributed by atoms with Crippen molar-refractivity contribution in [1.29, 1.82) is 0 Å². The van der Waals surface area contributed by atoms with Crippen LogP contribution in [-0.2, 0) is 0 Å². The van der Waals surface area contributed by atoms with E-state index in [9.17, 15) is 0 Å². The lowest BCUT2D eigenvalue weighted by atomic mass is 10.1. The minimum absolute atomic E-state index is 0.0832. The van der Waals surface area contributed by atoms with Gasteiger partial charge in [-0.15, -0.1) is 0 Å². The molecule has 18 heavy (non-hydrogen) atoms. The van der Waals surface area contributed by atoms with Crippen LogP contribution in [0.4, 0.5) is 5.69 Å². The minimum atomic E-state index is 0.0832. The molecule has 0 aliphatic heterocycles. The van der Waals surface area contributed by atoms with Gasteiger partial charge in [-0.25, -0.2) is 0 Å². The Morgan fingerprint density at radius 3 is 2.28 bits per heavy atom. The van der Waals surface area contributed by atoms with E-state index in [1.54, 1.807) is 0 Å². The van der Waals surface area contributed by atoms with Gasteiger partial charge in [0.05, 0.1) is 21.8 Å². The number of para-hydroxylation sites is 1. The molecule has 0 amide bonds. The Morgan fingerprint density at radius 2 is 1.78 bits per heavy atom. The molecule has 0 saturated carbocycles. The van der Waals surface area contributed by atoms with E-state index in [1.807, 2.05) is 38.1 Å². The van der Waals surface area contributed by atoms with E-state index in [1.165, 1.54) is 0 Å². The summed E-state index contributed by atoms with van der Waals surface area (Å²) in [4.78, 5) is 0. The summed E-state index contributed by atoms with van der Waals surface area (Å²) in [6.45, 7) is 5.94. The number of benzene rings is 1. The molecule has 0 bridgehead atoms. The Morgan fingerprint density at radius 1 is 1.17 bits per heavy atom. The third kappa shape index (κ3) is 2.65. The van der Waals surface area contributed by atoms with E-state index >= 15 is 0 Å². The van der Waals surface area contributed by atoms with Crippen molar-refractivity contribution in [3.8, 4) is 0 Å². The van der Waals surface area contributed by atoms with E-state index < -0.39 is 0 Å². The van der Waals surface area contributed by atoms with Gasteiger partial charge in [0.2, 0.25) is 0 Å². The van der Waals surface area contributed by atoms with Gasteiger partial charge in [-0.2, -0.15) is 0 Å². The molecular formula is C14H15Cl2NO. The molecule has 0 spiro atoms. The molecular weight excluding hydrogens is 269 g/mol.